The highest BCUT2D eigenvalue weighted by molar-refractivity contribution is 5.88. The van der Waals surface area contributed by atoms with E-state index < -0.39 is 11.9 Å². The maximum Gasteiger partial charge on any atom is 0.320 e. The number of allylic oxidation sites excluding steroid dienone is 1. The Balaban J connectivity index is 1.82. The molecule has 2 heterocycles. The van der Waals surface area contributed by atoms with Crippen molar-refractivity contribution >= 4 is 17.8 Å². The van der Waals surface area contributed by atoms with Crippen molar-refractivity contribution in [3.63, 3.8) is 0 Å². The summed E-state index contributed by atoms with van der Waals surface area (Å²) in [5.41, 5.74) is 0. The van der Waals surface area contributed by atoms with E-state index in [-0.39, 0.29) is 24.3 Å². The molecule has 2 rings (SSSR count). The molecule has 3 N–H and O–H groups in total. The van der Waals surface area contributed by atoms with Gasteiger partial charge >= 0.3 is 5.97 Å². The van der Waals surface area contributed by atoms with Gasteiger partial charge in [0.2, 0.25) is 11.8 Å². The van der Waals surface area contributed by atoms with Crippen molar-refractivity contribution < 1.29 is 19.5 Å². The van der Waals surface area contributed by atoms with Gasteiger partial charge in [-0.2, -0.15) is 0 Å². The molecule has 0 saturated carbocycles. The Hall–Kier alpha value is -2.33. The fourth-order valence-corrected chi connectivity index (χ4v) is 3.32. The molecule has 142 valence electrons. The predicted octanol–water partition coefficient (Wildman–Crippen LogP) is 0.231. The van der Waals surface area contributed by atoms with Crippen LogP contribution in [-0.2, 0) is 14.4 Å². The topological polar surface area (TPSA) is 98.7 Å². The van der Waals surface area contributed by atoms with Gasteiger partial charge in [0.05, 0.1) is 5.92 Å². The molecule has 2 fully saturated rings. The highest BCUT2D eigenvalue weighted by Crippen LogP contribution is 2.18. The minimum Gasteiger partial charge on any atom is -0.480 e. The second-order valence-corrected chi connectivity index (χ2v) is 6.87. The molecule has 0 aromatic carbocycles. The Morgan fingerprint density at radius 1 is 1.31 bits per heavy atom. The van der Waals surface area contributed by atoms with Crippen molar-refractivity contribution in [3.05, 3.63) is 12.2 Å². The molecular formula is C19H27N3O4. The van der Waals surface area contributed by atoms with Crippen molar-refractivity contribution in [1.82, 2.24) is 15.5 Å². The zero-order valence-corrected chi connectivity index (χ0v) is 14.9. The lowest BCUT2D eigenvalue weighted by molar-refractivity contribution is -0.139. The van der Waals surface area contributed by atoms with E-state index in [0.717, 1.165) is 32.4 Å². The van der Waals surface area contributed by atoms with E-state index in [1.165, 1.54) is 0 Å². The Morgan fingerprint density at radius 2 is 2.04 bits per heavy atom. The summed E-state index contributed by atoms with van der Waals surface area (Å²) in [5.74, 6) is -0.222. The molecule has 7 nitrogen and oxygen atoms in total. The van der Waals surface area contributed by atoms with E-state index in [2.05, 4.69) is 16.6 Å². The number of carboxylic acids is 1. The van der Waals surface area contributed by atoms with Gasteiger partial charge in [0.25, 0.3) is 0 Å². The first-order chi connectivity index (χ1) is 12.5. The second-order valence-electron chi connectivity index (χ2n) is 6.87. The van der Waals surface area contributed by atoms with Crippen molar-refractivity contribution in [3.8, 4) is 12.3 Å². The number of piperidine rings is 2. The van der Waals surface area contributed by atoms with Gasteiger partial charge in [0.1, 0.15) is 5.92 Å². The first-order valence-corrected chi connectivity index (χ1v) is 9.15. The van der Waals surface area contributed by atoms with E-state index in [1.54, 1.807) is 11.0 Å². The van der Waals surface area contributed by atoms with Gasteiger partial charge in [-0.15, -0.1) is 6.42 Å². The van der Waals surface area contributed by atoms with Gasteiger partial charge in [-0.25, -0.2) is 0 Å². The number of carboxylic acid groups (broad SMARTS) is 1. The number of rotatable bonds is 6. The summed E-state index contributed by atoms with van der Waals surface area (Å²) in [4.78, 5) is 37.3. The Morgan fingerprint density at radius 3 is 2.69 bits per heavy atom. The lowest BCUT2D eigenvalue weighted by Gasteiger charge is -2.31. The van der Waals surface area contributed by atoms with Crippen molar-refractivity contribution in [2.45, 2.75) is 25.7 Å². The van der Waals surface area contributed by atoms with E-state index in [1.807, 2.05) is 6.08 Å². The summed E-state index contributed by atoms with van der Waals surface area (Å²) in [6, 6.07) is 0. The first-order valence-electron chi connectivity index (χ1n) is 9.15. The minimum atomic E-state index is -1.13. The lowest BCUT2D eigenvalue weighted by atomic mass is 9.96. The van der Waals surface area contributed by atoms with Crippen molar-refractivity contribution in [2.24, 2.45) is 17.8 Å². The number of aliphatic carboxylic acids is 1. The number of nitrogens with zero attached hydrogens (tertiary/aromatic N) is 1. The second kappa shape index (κ2) is 9.97. The van der Waals surface area contributed by atoms with E-state index in [0.29, 0.717) is 25.4 Å². The lowest BCUT2D eigenvalue weighted by Crippen LogP contribution is -2.46. The van der Waals surface area contributed by atoms with E-state index >= 15 is 0 Å². The maximum absolute atomic E-state index is 12.4. The van der Waals surface area contributed by atoms with Crippen molar-refractivity contribution in [1.29, 1.82) is 0 Å². The number of carbonyl (C=O) groups excluding carboxylic acids is 2. The SMILES string of the molecule is C#C[C@H](CNC(=O)[C@H]1CCCN(C(=O)/C=C/C2CCNCC2)C1)C(=O)O. The molecule has 0 bridgehead atoms. The smallest absolute Gasteiger partial charge is 0.320 e. The van der Waals surface area contributed by atoms with Gasteiger partial charge in [-0.1, -0.05) is 12.0 Å². The average Bonchev–Trinajstić information content (AvgIpc) is 2.67. The summed E-state index contributed by atoms with van der Waals surface area (Å²) < 4.78 is 0. The number of hydrogen-bond donors (Lipinski definition) is 3. The molecule has 26 heavy (non-hydrogen) atoms. The van der Waals surface area contributed by atoms with Crippen LogP contribution in [0, 0.1) is 30.1 Å². The van der Waals surface area contributed by atoms with Gasteiger partial charge in [-0.3, -0.25) is 14.4 Å². The standard InChI is InChI=1S/C19H27N3O4/c1-2-15(19(25)26)12-21-18(24)16-4-3-11-22(13-16)17(23)6-5-14-7-9-20-10-8-14/h1,5-6,14-16,20H,3-4,7-13H2,(H,21,24)(H,25,26)/b6-5+/t15-,16+/m1/s1. The van der Waals surface area contributed by atoms with Crippen LogP contribution in [0.1, 0.15) is 25.7 Å². The number of carbonyl (C=O) groups is 3. The normalized spacial score (nSPS) is 22.6. The fraction of sp³-hybridized carbons (Fsp3) is 0.632. The van der Waals surface area contributed by atoms with Crippen LogP contribution < -0.4 is 10.6 Å². The van der Waals surface area contributed by atoms with Crippen LogP contribution in [0.5, 0.6) is 0 Å². The molecule has 2 amide bonds. The Bertz CT molecular complexity index is 590. The Kier molecular flexibility index (Phi) is 7.67. The van der Waals surface area contributed by atoms with Crippen LogP contribution in [0.25, 0.3) is 0 Å². The third kappa shape index (κ3) is 5.88. The monoisotopic (exact) mass is 361 g/mol. The molecule has 0 spiro atoms. The van der Waals surface area contributed by atoms with Crippen LogP contribution in [0.4, 0.5) is 0 Å². The molecule has 0 radical (unpaired) electrons. The highest BCUT2D eigenvalue weighted by Gasteiger charge is 2.28. The third-order valence-corrected chi connectivity index (χ3v) is 4.98. The summed E-state index contributed by atoms with van der Waals surface area (Å²) in [5, 5.41) is 14.8. The molecular weight excluding hydrogens is 334 g/mol. The Labute approximate surface area is 154 Å². The van der Waals surface area contributed by atoms with Crippen LogP contribution in [0.15, 0.2) is 12.2 Å². The zero-order chi connectivity index (χ0) is 18.9. The van der Waals surface area contributed by atoms with Crippen LogP contribution in [0.2, 0.25) is 0 Å². The van der Waals surface area contributed by atoms with E-state index in [9.17, 15) is 14.4 Å². The number of terminal acetylenes is 1. The number of nitrogens with one attached hydrogen (secondary N) is 2. The molecule has 0 aliphatic carbocycles. The van der Waals surface area contributed by atoms with Crippen LogP contribution in [0.3, 0.4) is 0 Å². The maximum atomic E-state index is 12.4. The third-order valence-electron chi connectivity index (χ3n) is 4.98. The van der Waals surface area contributed by atoms with Gasteiger partial charge in [0.15, 0.2) is 0 Å². The molecule has 0 aromatic rings. The number of hydrogen-bond acceptors (Lipinski definition) is 4. The van der Waals surface area contributed by atoms with Gasteiger partial charge in [-0.05, 0) is 50.8 Å². The zero-order valence-electron chi connectivity index (χ0n) is 14.9. The summed E-state index contributed by atoms with van der Waals surface area (Å²) in [6.07, 6.45) is 12.3. The quantitative estimate of drug-likeness (QED) is 0.465. The molecule has 2 atom stereocenters. The van der Waals surface area contributed by atoms with Crippen LogP contribution >= 0.6 is 0 Å². The fourth-order valence-electron chi connectivity index (χ4n) is 3.32. The number of likely N-dealkylation sites (tertiary alicyclic amines) is 1. The number of amides is 2. The van der Waals surface area contributed by atoms with Crippen LogP contribution in [-0.4, -0.2) is 60.5 Å². The van der Waals surface area contributed by atoms with Gasteiger partial charge < -0.3 is 20.6 Å². The molecule has 2 aliphatic heterocycles. The molecule has 0 aromatic heterocycles. The first kappa shape index (κ1) is 20.0. The molecule has 7 heteroatoms. The largest absolute Gasteiger partial charge is 0.480 e. The summed E-state index contributed by atoms with van der Waals surface area (Å²) >= 11 is 0. The predicted molar refractivity (Wildman–Crippen MR) is 97.0 cm³/mol. The minimum absolute atomic E-state index is 0.0620. The highest BCUT2D eigenvalue weighted by atomic mass is 16.4. The van der Waals surface area contributed by atoms with E-state index in [4.69, 9.17) is 11.5 Å². The average molecular weight is 361 g/mol. The molecule has 0 unspecified atom stereocenters. The van der Waals surface area contributed by atoms with Crippen molar-refractivity contribution in [2.75, 3.05) is 32.7 Å². The summed E-state index contributed by atoms with van der Waals surface area (Å²) in [6.45, 7) is 2.86. The molecule has 2 aliphatic rings. The molecule has 2 saturated heterocycles. The van der Waals surface area contributed by atoms with Gasteiger partial charge in [0, 0.05) is 19.6 Å². The summed E-state index contributed by atoms with van der Waals surface area (Å²) in [7, 11) is 0.